The molecule has 1 aromatic heterocycles. The van der Waals surface area contributed by atoms with Crippen molar-refractivity contribution in [1.29, 1.82) is 0 Å². The third-order valence-electron chi connectivity index (χ3n) is 2.67. The summed E-state index contributed by atoms with van der Waals surface area (Å²) in [5.74, 6) is 5.44. The second-order valence-electron chi connectivity index (χ2n) is 4.48. The minimum absolute atomic E-state index is 0.0878. The third-order valence-corrected chi connectivity index (χ3v) is 4.56. The first-order valence-electron chi connectivity index (χ1n) is 5.92. The minimum atomic E-state index is -3.57. The van der Waals surface area contributed by atoms with Crippen LogP contribution in [0.3, 0.4) is 0 Å². The Balaban J connectivity index is 2.85. The van der Waals surface area contributed by atoms with E-state index in [0.717, 1.165) is 13.0 Å². The zero-order valence-electron chi connectivity index (χ0n) is 11.5. The van der Waals surface area contributed by atoms with Crippen LogP contribution in [0.1, 0.15) is 6.42 Å². The number of hydrogen-bond donors (Lipinski definition) is 2. The number of nitrogen functional groups attached to an aromatic ring is 1. The predicted molar refractivity (Wildman–Crippen MR) is 75.0 cm³/mol. The molecule has 0 aliphatic carbocycles. The van der Waals surface area contributed by atoms with Crippen molar-refractivity contribution in [2.75, 3.05) is 39.7 Å². The van der Waals surface area contributed by atoms with Gasteiger partial charge in [-0.05, 0) is 39.2 Å². The standard InChI is InChI=1S/C11H21N5O2S/c1-15(2)8-5-9-16(3)19(17,18)10-6-4-7-13-11(10)14-12/h4,6-7H,5,8-9,12H2,1-3H3,(H,13,14). The Labute approximate surface area is 114 Å². The van der Waals surface area contributed by atoms with Crippen LogP contribution in [-0.2, 0) is 10.0 Å². The zero-order chi connectivity index (χ0) is 14.5. The van der Waals surface area contributed by atoms with Crippen LogP contribution < -0.4 is 11.3 Å². The van der Waals surface area contributed by atoms with E-state index in [1.54, 1.807) is 13.1 Å². The minimum Gasteiger partial charge on any atom is -0.309 e. The fourth-order valence-corrected chi connectivity index (χ4v) is 2.92. The molecule has 0 saturated carbocycles. The highest BCUT2D eigenvalue weighted by Crippen LogP contribution is 2.20. The van der Waals surface area contributed by atoms with Crippen molar-refractivity contribution in [3.8, 4) is 0 Å². The van der Waals surface area contributed by atoms with Crippen LogP contribution in [0, 0.1) is 0 Å². The van der Waals surface area contributed by atoms with E-state index < -0.39 is 10.0 Å². The highest BCUT2D eigenvalue weighted by atomic mass is 32.2. The number of sulfonamides is 1. The summed E-state index contributed by atoms with van der Waals surface area (Å²) in [5, 5.41) is 0. The number of nitrogens with one attached hydrogen (secondary N) is 1. The van der Waals surface area contributed by atoms with Gasteiger partial charge >= 0.3 is 0 Å². The Morgan fingerprint density at radius 1 is 1.32 bits per heavy atom. The van der Waals surface area contributed by atoms with Gasteiger partial charge in [0.15, 0.2) is 5.82 Å². The van der Waals surface area contributed by atoms with Crippen molar-refractivity contribution < 1.29 is 8.42 Å². The van der Waals surface area contributed by atoms with Crippen LogP contribution in [0.15, 0.2) is 23.2 Å². The SMILES string of the molecule is CN(C)CCCN(C)S(=O)(=O)c1cccnc1NN. The van der Waals surface area contributed by atoms with Crippen molar-refractivity contribution >= 4 is 15.8 Å². The quantitative estimate of drug-likeness (QED) is 0.539. The molecule has 0 fully saturated rings. The van der Waals surface area contributed by atoms with Crippen molar-refractivity contribution in [3.63, 3.8) is 0 Å². The second-order valence-corrected chi connectivity index (χ2v) is 6.49. The lowest BCUT2D eigenvalue weighted by atomic mass is 10.4. The van der Waals surface area contributed by atoms with Gasteiger partial charge in [0.2, 0.25) is 10.0 Å². The fourth-order valence-electron chi connectivity index (χ4n) is 1.60. The molecule has 0 saturated heterocycles. The number of nitrogens with two attached hydrogens (primary N) is 1. The van der Waals surface area contributed by atoms with Gasteiger partial charge in [-0.25, -0.2) is 23.5 Å². The van der Waals surface area contributed by atoms with Crippen molar-refractivity contribution in [2.45, 2.75) is 11.3 Å². The molecule has 108 valence electrons. The molecule has 0 radical (unpaired) electrons. The number of pyridine rings is 1. The smallest absolute Gasteiger partial charge is 0.246 e. The van der Waals surface area contributed by atoms with E-state index in [4.69, 9.17) is 5.84 Å². The van der Waals surface area contributed by atoms with E-state index in [-0.39, 0.29) is 10.7 Å². The molecule has 1 rings (SSSR count). The van der Waals surface area contributed by atoms with Crippen LogP contribution in [0.25, 0.3) is 0 Å². The van der Waals surface area contributed by atoms with Gasteiger partial charge in [0, 0.05) is 19.8 Å². The summed E-state index contributed by atoms with van der Waals surface area (Å²) in [6.45, 7) is 1.27. The monoisotopic (exact) mass is 287 g/mol. The molecule has 1 aromatic rings. The maximum Gasteiger partial charge on any atom is 0.246 e. The summed E-state index contributed by atoms with van der Waals surface area (Å²) in [7, 11) is 1.88. The van der Waals surface area contributed by atoms with E-state index in [1.807, 2.05) is 19.0 Å². The van der Waals surface area contributed by atoms with E-state index in [0.29, 0.717) is 6.54 Å². The lowest BCUT2D eigenvalue weighted by Gasteiger charge is -2.19. The van der Waals surface area contributed by atoms with E-state index in [2.05, 4.69) is 10.4 Å². The number of anilines is 1. The average Bonchev–Trinajstić information content (AvgIpc) is 2.38. The van der Waals surface area contributed by atoms with Gasteiger partial charge in [0.25, 0.3) is 0 Å². The van der Waals surface area contributed by atoms with E-state index >= 15 is 0 Å². The van der Waals surface area contributed by atoms with Gasteiger partial charge in [-0.1, -0.05) is 0 Å². The summed E-state index contributed by atoms with van der Waals surface area (Å²) >= 11 is 0. The number of nitrogens with zero attached hydrogens (tertiary/aromatic N) is 3. The summed E-state index contributed by atoms with van der Waals surface area (Å²) in [5.41, 5.74) is 2.31. The molecule has 0 amide bonds. The molecule has 0 spiro atoms. The first-order chi connectivity index (χ1) is 8.89. The summed E-state index contributed by atoms with van der Waals surface area (Å²) in [6, 6.07) is 3.06. The normalized spacial score (nSPS) is 12.1. The first-order valence-corrected chi connectivity index (χ1v) is 7.36. The van der Waals surface area contributed by atoms with Gasteiger partial charge in [0.1, 0.15) is 4.90 Å². The maximum absolute atomic E-state index is 12.4. The van der Waals surface area contributed by atoms with Gasteiger partial charge in [-0.2, -0.15) is 0 Å². The summed E-state index contributed by atoms with van der Waals surface area (Å²) in [4.78, 5) is 6.00. The molecule has 0 atom stereocenters. The average molecular weight is 287 g/mol. The molecule has 7 nitrogen and oxygen atoms in total. The topological polar surface area (TPSA) is 91.6 Å². The maximum atomic E-state index is 12.4. The largest absolute Gasteiger partial charge is 0.309 e. The van der Waals surface area contributed by atoms with Crippen molar-refractivity contribution in [2.24, 2.45) is 5.84 Å². The lowest BCUT2D eigenvalue weighted by molar-refractivity contribution is 0.370. The van der Waals surface area contributed by atoms with E-state index in [9.17, 15) is 8.42 Å². The second kappa shape index (κ2) is 6.80. The Morgan fingerprint density at radius 2 is 2.00 bits per heavy atom. The Morgan fingerprint density at radius 3 is 2.58 bits per heavy atom. The van der Waals surface area contributed by atoms with Crippen LogP contribution in [0.4, 0.5) is 5.82 Å². The fraction of sp³-hybridized carbons (Fsp3) is 0.545. The molecule has 0 aliphatic heterocycles. The molecule has 3 N–H and O–H groups in total. The molecule has 0 bridgehead atoms. The van der Waals surface area contributed by atoms with Gasteiger partial charge < -0.3 is 10.3 Å². The van der Waals surface area contributed by atoms with Crippen LogP contribution >= 0.6 is 0 Å². The Bertz CT molecular complexity index is 504. The number of rotatable bonds is 7. The molecule has 0 unspecified atom stereocenters. The molecule has 8 heteroatoms. The first kappa shape index (κ1) is 15.8. The Hall–Kier alpha value is -1.22. The highest BCUT2D eigenvalue weighted by Gasteiger charge is 2.23. The summed E-state index contributed by atoms with van der Waals surface area (Å²) in [6.07, 6.45) is 2.24. The third kappa shape index (κ3) is 4.13. The van der Waals surface area contributed by atoms with Crippen molar-refractivity contribution in [1.82, 2.24) is 14.2 Å². The molecular formula is C11H21N5O2S. The van der Waals surface area contributed by atoms with Crippen LogP contribution in [0.5, 0.6) is 0 Å². The molecule has 0 aliphatic rings. The molecular weight excluding hydrogens is 266 g/mol. The van der Waals surface area contributed by atoms with E-state index in [1.165, 1.54) is 16.6 Å². The molecule has 0 aromatic carbocycles. The van der Waals surface area contributed by atoms with Crippen LogP contribution in [-0.4, -0.2) is 56.8 Å². The van der Waals surface area contributed by atoms with Gasteiger partial charge in [-0.15, -0.1) is 0 Å². The molecule has 19 heavy (non-hydrogen) atoms. The van der Waals surface area contributed by atoms with Gasteiger partial charge in [0.05, 0.1) is 0 Å². The molecule has 1 heterocycles. The highest BCUT2D eigenvalue weighted by molar-refractivity contribution is 7.89. The predicted octanol–water partition coefficient (Wildman–Crippen LogP) is -0.0606. The van der Waals surface area contributed by atoms with Gasteiger partial charge in [-0.3, -0.25) is 0 Å². The van der Waals surface area contributed by atoms with Crippen molar-refractivity contribution in [3.05, 3.63) is 18.3 Å². The van der Waals surface area contributed by atoms with Crippen LogP contribution in [0.2, 0.25) is 0 Å². The zero-order valence-corrected chi connectivity index (χ0v) is 12.3. The number of hydrogen-bond acceptors (Lipinski definition) is 6. The number of aromatic nitrogens is 1. The number of hydrazine groups is 1. The lowest BCUT2D eigenvalue weighted by Crippen LogP contribution is -2.31. The summed E-state index contributed by atoms with van der Waals surface area (Å²) < 4.78 is 26.0. The Kier molecular flexibility index (Phi) is 5.67.